The van der Waals surface area contributed by atoms with E-state index in [4.69, 9.17) is 4.42 Å². The highest BCUT2D eigenvalue weighted by molar-refractivity contribution is 5.95. The number of benzene rings is 1. The smallest absolute Gasteiger partial charge is 0.257 e. The van der Waals surface area contributed by atoms with Crippen molar-refractivity contribution in [3.05, 3.63) is 59.3 Å². The zero-order chi connectivity index (χ0) is 22.2. The second-order valence-corrected chi connectivity index (χ2v) is 9.36. The Morgan fingerprint density at radius 2 is 1.90 bits per heavy atom. The second kappa shape index (κ2) is 8.48. The molecule has 1 aromatic carbocycles. The molecule has 1 saturated carbocycles. The summed E-state index contributed by atoms with van der Waals surface area (Å²) < 4.78 is 19.8. The third kappa shape index (κ3) is 4.39. The van der Waals surface area contributed by atoms with E-state index in [1.807, 2.05) is 17.9 Å². The van der Waals surface area contributed by atoms with Crippen LogP contribution in [0.2, 0.25) is 0 Å². The molecule has 31 heavy (non-hydrogen) atoms. The summed E-state index contributed by atoms with van der Waals surface area (Å²) in [6.45, 7) is 5.21. The molecule has 2 heterocycles. The molecule has 0 N–H and O–H groups in total. The van der Waals surface area contributed by atoms with E-state index in [1.165, 1.54) is 12.3 Å². The number of amides is 2. The third-order valence-electron chi connectivity index (χ3n) is 7.18. The molecule has 0 radical (unpaired) electrons. The molecule has 2 fully saturated rings. The maximum atomic E-state index is 14.5. The number of aryl methyl sites for hydroxylation is 1. The molecule has 1 saturated heterocycles. The van der Waals surface area contributed by atoms with Gasteiger partial charge in [0.1, 0.15) is 11.6 Å². The molecule has 1 unspecified atom stereocenters. The lowest BCUT2D eigenvalue weighted by Crippen LogP contribution is -2.49. The first-order valence-electron chi connectivity index (χ1n) is 11.1. The number of likely N-dealkylation sites (tertiary alicyclic amines) is 1. The summed E-state index contributed by atoms with van der Waals surface area (Å²) in [7, 11) is 1.79. The average molecular weight is 427 g/mol. The van der Waals surface area contributed by atoms with Gasteiger partial charge in [-0.05, 0) is 62.6 Å². The summed E-state index contributed by atoms with van der Waals surface area (Å²) in [5.74, 6) is 0.671. The largest absolute Gasteiger partial charge is 0.469 e. The lowest BCUT2D eigenvalue weighted by Gasteiger charge is -2.40. The Labute approximate surface area is 183 Å². The van der Waals surface area contributed by atoms with Crippen molar-refractivity contribution in [2.24, 2.45) is 11.3 Å². The van der Waals surface area contributed by atoms with Crippen LogP contribution in [-0.2, 0) is 11.2 Å². The summed E-state index contributed by atoms with van der Waals surface area (Å²) in [4.78, 5) is 29.7. The van der Waals surface area contributed by atoms with Crippen LogP contribution < -0.4 is 0 Å². The van der Waals surface area contributed by atoms with E-state index in [-0.39, 0.29) is 35.0 Å². The highest BCUT2D eigenvalue weighted by Gasteiger charge is 2.47. The number of piperidine rings is 1. The van der Waals surface area contributed by atoms with Gasteiger partial charge in [-0.3, -0.25) is 9.59 Å². The van der Waals surface area contributed by atoms with Crippen LogP contribution in [0.5, 0.6) is 0 Å². The number of rotatable bonds is 6. The molecule has 1 aromatic heterocycles. The number of likely N-dealkylation sites (N-methyl/N-ethyl adjacent to an activating group) is 1. The van der Waals surface area contributed by atoms with Crippen LogP contribution >= 0.6 is 0 Å². The number of carbonyl (C=O) groups is 2. The predicted octanol–water partition coefficient (Wildman–Crippen LogP) is 4.45. The van der Waals surface area contributed by atoms with Crippen molar-refractivity contribution >= 4 is 11.8 Å². The molecule has 0 spiro atoms. The molecule has 1 aliphatic heterocycles. The van der Waals surface area contributed by atoms with Gasteiger partial charge in [0.2, 0.25) is 5.91 Å². The topological polar surface area (TPSA) is 53.8 Å². The number of hydrogen-bond donors (Lipinski definition) is 0. The molecular formula is C25H31FN2O3. The van der Waals surface area contributed by atoms with Crippen molar-refractivity contribution < 1.29 is 18.4 Å². The Morgan fingerprint density at radius 3 is 2.48 bits per heavy atom. The zero-order valence-corrected chi connectivity index (χ0v) is 18.6. The van der Waals surface area contributed by atoms with Gasteiger partial charge in [-0.1, -0.05) is 25.1 Å². The first-order chi connectivity index (χ1) is 14.8. The molecule has 166 valence electrons. The summed E-state index contributed by atoms with van der Waals surface area (Å²) >= 11 is 0. The van der Waals surface area contributed by atoms with Gasteiger partial charge in [-0.25, -0.2) is 4.39 Å². The quantitative estimate of drug-likeness (QED) is 0.686. The van der Waals surface area contributed by atoms with E-state index in [0.717, 1.165) is 25.7 Å². The van der Waals surface area contributed by atoms with Crippen molar-refractivity contribution in [2.45, 2.75) is 52.0 Å². The van der Waals surface area contributed by atoms with Gasteiger partial charge < -0.3 is 14.2 Å². The molecule has 2 aliphatic rings. The molecule has 5 nitrogen and oxygen atoms in total. The van der Waals surface area contributed by atoms with Crippen LogP contribution in [0, 0.1) is 24.1 Å². The molecule has 1 aliphatic carbocycles. The maximum absolute atomic E-state index is 14.5. The fourth-order valence-electron chi connectivity index (χ4n) is 4.73. The minimum absolute atomic E-state index is 0.114. The van der Waals surface area contributed by atoms with Crippen molar-refractivity contribution in [3.63, 3.8) is 0 Å². The van der Waals surface area contributed by atoms with Crippen molar-refractivity contribution in [3.8, 4) is 0 Å². The van der Waals surface area contributed by atoms with E-state index in [1.54, 1.807) is 37.1 Å². The molecule has 2 aromatic rings. The predicted molar refractivity (Wildman–Crippen MR) is 116 cm³/mol. The van der Waals surface area contributed by atoms with E-state index >= 15 is 0 Å². The van der Waals surface area contributed by atoms with E-state index in [2.05, 4.69) is 0 Å². The first kappa shape index (κ1) is 21.6. The fraction of sp³-hybridized carbons (Fsp3) is 0.520. The average Bonchev–Trinajstić information content (AvgIpc) is 3.39. The van der Waals surface area contributed by atoms with Gasteiger partial charge in [-0.2, -0.15) is 0 Å². The molecule has 6 heteroatoms. The van der Waals surface area contributed by atoms with Gasteiger partial charge in [0.05, 0.1) is 11.8 Å². The van der Waals surface area contributed by atoms with Crippen LogP contribution in [0.25, 0.3) is 0 Å². The van der Waals surface area contributed by atoms with Crippen molar-refractivity contribution in [1.82, 2.24) is 9.80 Å². The minimum atomic E-state index is -0.248. The maximum Gasteiger partial charge on any atom is 0.257 e. The van der Waals surface area contributed by atoms with Gasteiger partial charge in [0.25, 0.3) is 5.91 Å². The van der Waals surface area contributed by atoms with Gasteiger partial charge in [-0.15, -0.1) is 0 Å². The minimum Gasteiger partial charge on any atom is -0.469 e. The highest BCUT2D eigenvalue weighted by Crippen LogP contribution is 2.47. The molecule has 1 atom stereocenters. The molecule has 2 amide bonds. The van der Waals surface area contributed by atoms with Crippen molar-refractivity contribution in [2.75, 3.05) is 20.1 Å². The van der Waals surface area contributed by atoms with Crippen LogP contribution in [-0.4, -0.2) is 47.8 Å². The van der Waals surface area contributed by atoms with Gasteiger partial charge >= 0.3 is 0 Å². The monoisotopic (exact) mass is 426 g/mol. The molecular weight excluding hydrogens is 395 g/mol. The number of carbonyl (C=O) groups excluding carboxylic acids is 2. The summed E-state index contributed by atoms with van der Waals surface area (Å²) in [5.41, 5.74) is 0.987. The normalized spacial score (nSPS) is 19.2. The van der Waals surface area contributed by atoms with E-state index in [9.17, 15) is 14.0 Å². The highest BCUT2D eigenvalue weighted by atomic mass is 19.1. The Balaban J connectivity index is 1.52. The van der Waals surface area contributed by atoms with E-state index < -0.39 is 0 Å². The Hall–Kier alpha value is -2.63. The Bertz CT molecular complexity index is 957. The second-order valence-electron chi connectivity index (χ2n) is 9.36. The number of halogens is 1. The van der Waals surface area contributed by atoms with Gasteiger partial charge in [0.15, 0.2) is 0 Å². The molecule has 0 bridgehead atoms. The van der Waals surface area contributed by atoms with Crippen molar-refractivity contribution in [1.29, 1.82) is 0 Å². The third-order valence-corrected chi connectivity index (χ3v) is 7.18. The van der Waals surface area contributed by atoms with Crippen LogP contribution in [0.4, 0.5) is 4.39 Å². The number of hydrogen-bond acceptors (Lipinski definition) is 3. The summed E-state index contributed by atoms with van der Waals surface area (Å²) in [6.07, 6.45) is 5.53. The SMILES string of the molecule is Cc1occc1C(=O)N(C)C(Cc1ccccc1F)C1CCN(C(=O)C2(C)CC2)CC1. The van der Waals surface area contributed by atoms with Crippen LogP contribution in [0.15, 0.2) is 41.0 Å². The van der Waals surface area contributed by atoms with Gasteiger partial charge in [0, 0.05) is 31.6 Å². The lowest BCUT2D eigenvalue weighted by atomic mass is 9.84. The van der Waals surface area contributed by atoms with E-state index in [0.29, 0.717) is 36.4 Å². The Morgan fingerprint density at radius 1 is 1.23 bits per heavy atom. The lowest BCUT2D eigenvalue weighted by molar-refractivity contribution is -0.138. The summed E-state index contributed by atoms with van der Waals surface area (Å²) in [6, 6.07) is 8.29. The standard InChI is InChI=1S/C25H31FN2O3/c1-17-20(10-15-31-17)23(29)27(3)22(16-19-6-4-5-7-21(19)26)18-8-13-28(14-9-18)24(30)25(2)11-12-25/h4-7,10,15,18,22H,8-9,11-14,16H2,1-3H3. The first-order valence-corrected chi connectivity index (χ1v) is 11.1. The summed E-state index contributed by atoms with van der Waals surface area (Å²) in [5, 5.41) is 0. The Kier molecular flexibility index (Phi) is 5.91. The number of nitrogens with zero attached hydrogens (tertiary/aromatic N) is 2. The molecule has 4 rings (SSSR count). The zero-order valence-electron chi connectivity index (χ0n) is 18.6. The fourth-order valence-corrected chi connectivity index (χ4v) is 4.73. The van der Waals surface area contributed by atoms with Crippen LogP contribution in [0.3, 0.4) is 0 Å². The number of furan rings is 1. The van der Waals surface area contributed by atoms with Crippen LogP contribution in [0.1, 0.15) is 54.3 Å².